The molecule has 1 amide bonds. The van der Waals surface area contributed by atoms with E-state index in [2.05, 4.69) is 39.4 Å². The van der Waals surface area contributed by atoms with E-state index in [0.717, 1.165) is 33.8 Å². The number of aromatic nitrogens is 3. The monoisotopic (exact) mass is 423 g/mol. The number of amides is 1. The molecular weight excluding hydrogens is 398 g/mol. The molecule has 0 spiro atoms. The fraction of sp³-hybridized carbons (Fsp3) is 0.154. The van der Waals surface area contributed by atoms with E-state index < -0.39 is 0 Å². The second-order valence-electron chi connectivity index (χ2n) is 7.84. The standard InChI is InChI=1S/C26H25N5O/c1-17(2)20-7-4-5-9-23(20)31-26(32)19-11-10-18(3)24(15-19)30-25-21(8-6-13-28-25)22-12-14-27-16-29-22/h4-17H,1-3H3,(H,28,30)(H,31,32). The van der Waals surface area contributed by atoms with Gasteiger partial charge in [-0.05, 0) is 60.4 Å². The Morgan fingerprint density at radius 1 is 0.906 bits per heavy atom. The summed E-state index contributed by atoms with van der Waals surface area (Å²) in [7, 11) is 0. The minimum absolute atomic E-state index is 0.154. The van der Waals surface area contributed by atoms with E-state index in [-0.39, 0.29) is 5.91 Å². The number of para-hydroxylation sites is 1. The summed E-state index contributed by atoms with van der Waals surface area (Å²) in [4.78, 5) is 25.8. The first-order valence-corrected chi connectivity index (χ1v) is 10.5. The van der Waals surface area contributed by atoms with E-state index in [9.17, 15) is 4.79 Å². The van der Waals surface area contributed by atoms with Gasteiger partial charge in [-0.25, -0.2) is 15.0 Å². The third-order valence-electron chi connectivity index (χ3n) is 5.25. The number of pyridine rings is 1. The molecule has 0 saturated carbocycles. The molecule has 160 valence electrons. The van der Waals surface area contributed by atoms with Gasteiger partial charge >= 0.3 is 0 Å². The van der Waals surface area contributed by atoms with Crippen LogP contribution in [0.15, 0.2) is 79.4 Å². The first kappa shape index (κ1) is 21.2. The number of rotatable bonds is 6. The second kappa shape index (κ2) is 9.39. The highest BCUT2D eigenvalue weighted by Crippen LogP contribution is 2.29. The Morgan fingerprint density at radius 2 is 1.75 bits per heavy atom. The van der Waals surface area contributed by atoms with Crippen LogP contribution in [0.25, 0.3) is 11.3 Å². The summed E-state index contributed by atoms with van der Waals surface area (Å²) in [5, 5.41) is 6.43. The number of nitrogens with zero attached hydrogens (tertiary/aromatic N) is 3. The molecule has 0 fully saturated rings. The van der Waals surface area contributed by atoms with Crippen LogP contribution < -0.4 is 10.6 Å². The summed E-state index contributed by atoms with van der Waals surface area (Å²) in [6.45, 7) is 6.22. The van der Waals surface area contributed by atoms with Gasteiger partial charge < -0.3 is 10.6 Å². The molecule has 0 aliphatic carbocycles. The highest BCUT2D eigenvalue weighted by atomic mass is 16.1. The summed E-state index contributed by atoms with van der Waals surface area (Å²) in [5.41, 5.74) is 5.94. The van der Waals surface area contributed by atoms with Gasteiger partial charge in [0.2, 0.25) is 0 Å². The van der Waals surface area contributed by atoms with Crippen molar-refractivity contribution in [2.45, 2.75) is 26.7 Å². The molecule has 32 heavy (non-hydrogen) atoms. The molecule has 6 nitrogen and oxygen atoms in total. The first-order valence-electron chi connectivity index (χ1n) is 10.5. The number of carbonyl (C=O) groups excluding carboxylic acids is 1. The van der Waals surface area contributed by atoms with E-state index in [1.165, 1.54) is 6.33 Å². The minimum atomic E-state index is -0.154. The fourth-order valence-electron chi connectivity index (χ4n) is 3.50. The number of nitrogens with one attached hydrogen (secondary N) is 2. The van der Waals surface area contributed by atoms with Crippen LogP contribution in [0.2, 0.25) is 0 Å². The van der Waals surface area contributed by atoms with E-state index >= 15 is 0 Å². The molecule has 2 aromatic heterocycles. The van der Waals surface area contributed by atoms with Crippen molar-refractivity contribution in [3.63, 3.8) is 0 Å². The van der Waals surface area contributed by atoms with Gasteiger partial charge in [-0.2, -0.15) is 0 Å². The van der Waals surface area contributed by atoms with E-state index in [1.54, 1.807) is 12.4 Å². The van der Waals surface area contributed by atoms with Crippen LogP contribution in [0.3, 0.4) is 0 Å². The van der Waals surface area contributed by atoms with E-state index in [1.807, 2.05) is 67.6 Å². The predicted octanol–water partition coefficient (Wildman–Crippen LogP) is 5.97. The second-order valence-corrected chi connectivity index (χ2v) is 7.84. The Labute approximate surface area is 187 Å². The van der Waals surface area contributed by atoms with Crippen molar-refractivity contribution in [3.8, 4) is 11.3 Å². The minimum Gasteiger partial charge on any atom is -0.339 e. The van der Waals surface area contributed by atoms with Crippen LogP contribution in [0.4, 0.5) is 17.2 Å². The van der Waals surface area contributed by atoms with Crippen molar-refractivity contribution in [3.05, 3.63) is 96.1 Å². The summed E-state index contributed by atoms with van der Waals surface area (Å²) >= 11 is 0. The number of anilines is 3. The lowest BCUT2D eigenvalue weighted by molar-refractivity contribution is 0.102. The quantitative estimate of drug-likeness (QED) is 0.400. The molecule has 0 saturated heterocycles. The molecule has 2 heterocycles. The summed E-state index contributed by atoms with van der Waals surface area (Å²) in [5.74, 6) is 0.821. The Bertz CT molecular complexity index is 1240. The Hall–Kier alpha value is -4.06. The molecule has 4 rings (SSSR count). The van der Waals surface area contributed by atoms with Crippen molar-refractivity contribution in [2.24, 2.45) is 0 Å². The molecule has 6 heteroatoms. The zero-order valence-corrected chi connectivity index (χ0v) is 18.3. The maximum absolute atomic E-state index is 13.0. The number of aryl methyl sites for hydroxylation is 1. The van der Waals surface area contributed by atoms with E-state index in [4.69, 9.17) is 0 Å². The predicted molar refractivity (Wildman–Crippen MR) is 128 cm³/mol. The van der Waals surface area contributed by atoms with E-state index in [0.29, 0.717) is 17.3 Å². The third kappa shape index (κ3) is 4.64. The largest absolute Gasteiger partial charge is 0.339 e. The molecule has 0 aliphatic heterocycles. The molecule has 0 aliphatic rings. The van der Waals surface area contributed by atoms with Gasteiger partial charge in [0, 0.05) is 34.9 Å². The van der Waals surface area contributed by atoms with Crippen molar-refractivity contribution in [1.82, 2.24) is 15.0 Å². The highest BCUT2D eigenvalue weighted by molar-refractivity contribution is 6.05. The zero-order chi connectivity index (χ0) is 22.5. The van der Waals surface area contributed by atoms with Crippen molar-refractivity contribution in [2.75, 3.05) is 10.6 Å². The molecule has 0 unspecified atom stereocenters. The van der Waals surface area contributed by atoms with Gasteiger partial charge in [-0.1, -0.05) is 38.1 Å². The Morgan fingerprint density at radius 3 is 2.53 bits per heavy atom. The van der Waals surface area contributed by atoms with Gasteiger partial charge in [0.1, 0.15) is 12.1 Å². The fourth-order valence-corrected chi connectivity index (χ4v) is 3.50. The average molecular weight is 424 g/mol. The van der Waals surface area contributed by atoms with Crippen molar-refractivity contribution in [1.29, 1.82) is 0 Å². The van der Waals surface area contributed by atoms with Crippen LogP contribution in [0, 0.1) is 6.92 Å². The maximum Gasteiger partial charge on any atom is 0.255 e. The van der Waals surface area contributed by atoms with Crippen LogP contribution in [0.5, 0.6) is 0 Å². The van der Waals surface area contributed by atoms with Gasteiger partial charge in [-0.3, -0.25) is 4.79 Å². The third-order valence-corrected chi connectivity index (χ3v) is 5.25. The lowest BCUT2D eigenvalue weighted by Gasteiger charge is -2.15. The zero-order valence-electron chi connectivity index (χ0n) is 18.3. The van der Waals surface area contributed by atoms with Gasteiger partial charge in [0.15, 0.2) is 0 Å². The Kier molecular flexibility index (Phi) is 6.22. The number of carbonyl (C=O) groups is 1. The smallest absolute Gasteiger partial charge is 0.255 e. The van der Waals surface area contributed by atoms with Gasteiger partial charge in [-0.15, -0.1) is 0 Å². The van der Waals surface area contributed by atoms with Crippen LogP contribution in [-0.4, -0.2) is 20.9 Å². The molecule has 0 bridgehead atoms. The van der Waals surface area contributed by atoms with Gasteiger partial charge in [0.25, 0.3) is 5.91 Å². The maximum atomic E-state index is 13.0. The topological polar surface area (TPSA) is 79.8 Å². The number of hydrogen-bond acceptors (Lipinski definition) is 5. The lowest BCUT2D eigenvalue weighted by Crippen LogP contribution is -2.14. The van der Waals surface area contributed by atoms with Crippen molar-refractivity contribution < 1.29 is 4.79 Å². The molecule has 4 aromatic rings. The SMILES string of the molecule is Cc1ccc(C(=O)Nc2ccccc2C(C)C)cc1Nc1ncccc1-c1ccncn1. The Balaban J connectivity index is 1.62. The summed E-state index contributed by atoms with van der Waals surface area (Å²) < 4.78 is 0. The molecule has 2 aromatic carbocycles. The normalized spacial score (nSPS) is 10.8. The van der Waals surface area contributed by atoms with Crippen molar-refractivity contribution >= 4 is 23.1 Å². The van der Waals surface area contributed by atoms with Crippen LogP contribution in [-0.2, 0) is 0 Å². The summed E-state index contributed by atoms with van der Waals surface area (Å²) in [6.07, 6.45) is 4.93. The first-order chi connectivity index (χ1) is 15.5. The molecule has 0 radical (unpaired) electrons. The summed E-state index contributed by atoms with van der Waals surface area (Å²) in [6, 6.07) is 19.2. The average Bonchev–Trinajstić information content (AvgIpc) is 2.81. The van der Waals surface area contributed by atoms with Crippen LogP contribution in [0.1, 0.15) is 41.3 Å². The molecule has 0 atom stereocenters. The molecular formula is C26H25N5O. The van der Waals surface area contributed by atoms with Gasteiger partial charge in [0.05, 0.1) is 5.69 Å². The number of benzene rings is 2. The van der Waals surface area contributed by atoms with Crippen LogP contribution >= 0.6 is 0 Å². The number of hydrogen-bond donors (Lipinski definition) is 2. The highest BCUT2D eigenvalue weighted by Gasteiger charge is 2.14. The molecule has 2 N–H and O–H groups in total. The lowest BCUT2D eigenvalue weighted by atomic mass is 10.0.